The first-order valence-corrected chi connectivity index (χ1v) is 16.8. The number of rotatable bonds is 8. The van der Waals surface area contributed by atoms with Gasteiger partial charge < -0.3 is 10.2 Å². The maximum Gasteiger partial charge on any atom is 0.417 e. The number of amides is 2. The first kappa shape index (κ1) is 34.7. The number of benzene rings is 3. The maximum absolute atomic E-state index is 14.2. The highest BCUT2D eigenvalue weighted by atomic mass is 32.2. The van der Waals surface area contributed by atoms with Gasteiger partial charge in [-0.1, -0.05) is 58.0 Å². The van der Waals surface area contributed by atoms with Crippen LogP contribution in [0.4, 0.5) is 18.9 Å². The number of piperidine rings is 1. The van der Waals surface area contributed by atoms with Crippen molar-refractivity contribution in [3.8, 4) is 17.2 Å². The van der Waals surface area contributed by atoms with E-state index in [1.165, 1.54) is 49.4 Å². The lowest BCUT2D eigenvalue weighted by Crippen LogP contribution is -2.44. The Kier molecular flexibility index (Phi) is 10.3. The summed E-state index contributed by atoms with van der Waals surface area (Å²) in [6.07, 6.45) is -2.73. The van der Waals surface area contributed by atoms with Gasteiger partial charge in [-0.15, -0.1) is 0 Å². The zero-order valence-corrected chi connectivity index (χ0v) is 27.2. The van der Waals surface area contributed by atoms with Gasteiger partial charge in [0.05, 0.1) is 34.3 Å². The average Bonchev–Trinajstić information content (AvgIpc) is 3.00. The summed E-state index contributed by atoms with van der Waals surface area (Å²) in [6.45, 7) is 8.47. The smallest absolute Gasteiger partial charge is 0.342 e. The fraction of sp³-hybridized carbons (Fsp3) is 0.400. The molecule has 0 aliphatic carbocycles. The number of carbonyl (C=O) groups excluding carboxylic acids is 2. The summed E-state index contributed by atoms with van der Waals surface area (Å²) < 4.78 is 66.7. The highest BCUT2D eigenvalue weighted by Gasteiger charge is 2.35. The number of nitriles is 1. The third-order valence-electron chi connectivity index (χ3n) is 8.23. The van der Waals surface area contributed by atoms with Gasteiger partial charge in [-0.25, -0.2) is 8.42 Å². The first-order valence-electron chi connectivity index (χ1n) is 15.2. The van der Waals surface area contributed by atoms with Crippen LogP contribution in [0.2, 0.25) is 0 Å². The number of nitrogens with one attached hydrogen (secondary N) is 1. The molecule has 11 heteroatoms. The Balaban J connectivity index is 1.48. The average molecular weight is 654 g/mol. The number of anilines is 1. The van der Waals surface area contributed by atoms with Crippen LogP contribution >= 0.6 is 0 Å². The fourth-order valence-corrected chi connectivity index (χ4v) is 6.52. The van der Waals surface area contributed by atoms with E-state index in [2.05, 4.69) is 11.4 Å². The van der Waals surface area contributed by atoms with Crippen LogP contribution in [0.1, 0.15) is 62.8 Å². The normalized spacial score (nSPS) is 14.5. The van der Waals surface area contributed by atoms with Crippen molar-refractivity contribution in [3.63, 3.8) is 0 Å². The number of halogens is 3. The molecule has 0 radical (unpaired) electrons. The molecule has 4 rings (SSSR count). The van der Waals surface area contributed by atoms with E-state index in [1.807, 2.05) is 25.7 Å². The molecule has 0 spiro atoms. The van der Waals surface area contributed by atoms with Crippen LogP contribution in [0.5, 0.6) is 0 Å². The Hall–Kier alpha value is -4.17. The summed E-state index contributed by atoms with van der Waals surface area (Å²) in [5, 5.41) is 12.4. The van der Waals surface area contributed by atoms with Gasteiger partial charge in [0.2, 0.25) is 11.8 Å². The second kappa shape index (κ2) is 13.7. The van der Waals surface area contributed by atoms with Gasteiger partial charge >= 0.3 is 6.18 Å². The van der Waals surface area contributed by atoms with Gasteiger partial charge in [-0.05, 0) is 77.8 Å². The number of hydrogen-bond donors (Lipinski definition) is 1. The Morgan fingerprint density at radius 2 is 1.63 bits per heavy atom. The SMILES string of the molecule is CCS(=O)(=O)c1ccc(CC(=O)Nc2ccc(-c3ccc(CC4CCN(C(=O)C(C)(C)C)CC4)c(C#N)c3)c(C(F)(F)F)c2)cc1. The van der Waals surface area contributed by atoms with Crippen molar-refractivity contribution < 1.29 is 31.2 Å². The van der Waals surface area contributed by atoms with E-state index in [0.717, 1.165) is 24.5 Å². The summed E-state index contributed by atoms with van der Waals surface area (Å²) in [7, 11) is -3.40. The molecule has 1 aliphatic heterocycles. The number of nitrogens with zero attached hydrogens (tertiary/aromatic N) is 2. The molecule has 0 bridgehead atoms. The van der Waals surface area contributed by atoms with Crippen molar-refractivity contribution in [1.29, 1.82) is 5.26 Å². The van der Waals surface area contributed by atoms with Crippen LogP contribution in [0.15, 0.2) is 65.6 Å². The molecule has 7 nitrogen and oxygen atoms in total. The van der Waals surface area contributed by atoms with Crippen LogP contribution in [0.3, 0.4) is 0 Å². The van der Waals surface area contributed by atoms with E-state index in [4.69, 9.17) is 0 Å². The van der Waals surface area contributed by atoms with Crippen LogP contribution in [0, 0.1) is 22.7 Å². The molecule has 0 atom stereocenters. The van der Waals surface area contributed by atoms with Crippen molar-refractivity contribution in [1.82, 2.24) is 4.90 Å². The topological polar surface area (TPSA) is 107 Å². The van der Waals surface area contributed by atoms with Crippen LogP contribution in [-0.4, -0.2) is 44.0 Å². The lowest BCUT2D eigenvalue weighted by Gasteiger charge is -2.36. The number of hydrogen-bond acceptors (Lipinski definition) is 5. The lowest BCUT2D eigenvalue weighted by molar-refractivity contribution is -0.141. The van der Waals surface area contributed by atoms with Crippen molar-refractivity contribution in [2.75, 3.05) is 24.2 Å². The zero-order valence-electron chi connectivity index (χ0n) is 26.4. The molecular formula is C35H38F3N3O4S. The van der Waals surface area contributed by atoms with Crippen molar-refractivity contribution in [3.05, 3.63) is 82.9 Å². The predicted molar refractivity (Wildman–Crippen MR) is 171 cm³/mol. The monoisotopic (exact) mass is 653 g/mol. The molecule has 1 N–H and O–H groups in total. The highest BCUT2D eigenvalue weighted by molar-refractivity contribution is 7.91. The Morgan fingerprint density at radius 3 is 2.20 bits per heavy atom. The minimum Gasteiger partial charge on any atom is -0.342 e. The van der Waals surface area contributed by atoms with Crippen LogP contribution in [-0.2, 0) is 38.4 Å². The first-order chi connectivity index (χ1) is 21.5. The molecule has 0 aromatic heterocycles. The Labute approximate surface area is 268 Å². The van der Waals surface area contributed by atoms with E-state index < -0.39 is 32.9 Å². The Bertz CT molecular complexity index is 1750. The molecule has 1 saturated heterocycles. The maximum atomic E-state index is 14.2. The predicted octanol–water partition coefficient (Wildman–Crippen LogP) is 7.05. The summed E-state index contributed by atoms with van der Waals surface area (Å²) in [5.74, 6) is -0.265. The Morgan fingerprint density at radius 1 is 0.978 bits per heavy atom. The summed E-state index contributed by atoms with van der Waals surface area (Å²) in [5.41, 5.74) is 0.234. The van der Waals surface area contributed by atoms with Gasteiger partial charge in [-0.3, -0.25) is 9.59 Å². The van der Waals surface area contributed by atoms with Gasteiger partial charge in [0.1, 0.15) is 0 Å². The molecule has 1 fully saturated rings. The van der Waals surface area contributed by atoms with E-state index in [9.17, 15) is 36.4 Å². The molecule has 3 aromatic rings. The molecular weight excluding hydrogens is 615 g/mol. The highest BCUT2D eigenvalue weighted by Crippen LogP contribution is 2.39. The molecule has 1 heterocycles. The van der Waals surface area contributed by atoms with Gasteiger partial charge in [-0.2, -0.15) is 18.4 Å². The third-order valence-corrected chi connectivity index (χ3v) is 9.98. The number of alkyl halides is 3. The fourth-order valence-electron chi connectivity index (χ4n) is 5.63. The summed E-state index contributed by atoms with van der Waals surface area (Å²) in [6, 6.07) is 16.2. The van der Waals surface area contributed by atoms with Crippen LogP contribution in [0.25, 0.3) is 11.1 Å². The molecule has 2 amide bonds. The van der Waals surface area contributed by atoms with Crippen molar-refractivity contribution in [2.24, 2.45) is 11.3 Å². The van der Waals surface area contributed by atoms with E-state index in [-0.39, 0.29) is 45.7 Å². The van der Waals surface area contributed by atoms with Gasteiger partial charge in [0.15, 0.2) is 9.84 Å². The van der Waals surface area contributed by atoms with Crippen LogP contribution < -0.4 is 5.32 Å². The second-order valence-electron chi connectivity index (χ2n) is 12.7. The van der Waals surface area contributed by atoms with E-state index in [0.29, 0.717) is 30.6 Å². The minimum absolute atomic E-state index is 0.0420. The third kappa shape index (κ3) is 8.35. The molecule has 1 aliphatic rings. The lowest BCUT2D eigenvalue weighted by atomic mass is 9.86. The van der Waals surface area contributed by atoms with Gasteiger partial charge in [0.25, 0.3) is 0 Å². The molecule has 46 heavy (non-hydrogen) atoms. The van der Waals surface area contributed by atoms with E-state index >= 15 is 0 Å². The largest absolute Gasteiger partial charge is 0.417 e. The number of likely N-dealkylation sites (tertiary alicyclic amines) is 1. The quantitative estimate of drug-likeness (QED) is 0.281. The molecule has 0 saturated carbocycles. The van der Waals surface area contributed by atoms with Crippen molar-refractivity contribution >= 4 is 27.3 Å². The van der Waals surface area contributed by atoms with Crippen molar-refractivity contribution in [2.45, 2.75) is 64.5 Å². The van der Waals surface area contributed by atoms with E-state index in [1.54, 1.807) is 12.1 Å². The van der Waals surface area contributed by atoms with Gasteiger partial charge in [0, 0.05) is 24.2 Å². The molecule has 0 unspecified atom stereocenters. The summed E-state index contributed by atoms with van der Waals surface area (Å²) >= 11 is 0. The minimum atomic E-state index is -4.74. The number of sulfone groups is 1. The molecule has 244 valence electrons. The number of carbonyl (C=O) groups is 2. The summed E-state index contributed by atoms with van der Waals surface area (Å²) in [4.78, 5) is 27.3. The standard InChI is InChI=1S/C35H38F3N3O4S/c1-5-46(44,45)29-11-6-23(7-12-29)19-32(42)40-28-10-13-30(31(21-28)35(36,37)38)26-9-8-25(27(20-26)22-39)18-24-14-16-41(17-15-24)33(43)34(2,3)4/h6-13,20-21,24H,5,14-19H2,1-4H3,(H,40,42). The molecule has 3 aromatic carbocycles. The zero-order chi connectivity index (χ0) is 33.9. The second-order valence-corrected chi connectivity index (χ2v) is 15.0.